The third kappa shape index (κ3) is 9.18. The molecule has 170 valence electrons. The van der Waals surface area contributed by atoms with Crippen molar-refractivity contribution in [2.24, 2.45) is 5.10 Å². The van der Waals surface area contributed by atoms with Crippen LogP contribution in [0.1, 0.15) is 11.1 Å². The van der Waals surface area contributed by atoms with E-state index in [1.165, 1.54) is 18.0 Å². The van der Waals surface area contributed by atoms with Crippen molar-refractivity contribution in [3.05, 3.63) is 94.0 Å². The summed E-state index contributed by atoms with van der Waals surface area (Å²) in [6.45, 7) is -0.135. The fraction of sp³-hybridized carbons (Fsp3) is 0.125. The van der Waals surface area contributed by atoms with E-state index in [1.807, 2.05) is 24.3 Å². The molecule has 3 aromatic rings. The van der Waals surface area contributed by atoms with Gasteiger partial charge in [-0.2, -0.15) is 5.10 Å². The Morgan fingerprint density at radius 1 is 0.939 bits per heavy atom. The summed E-state index contributed by atoms with van der Waals surface area (Å²) in [5, 5.41) is 7.91. The third-order valence-corrected chi connectivity index (χ3v) is 5.67. The minimum Gasteiger partial charge on any atom is -0.484 e. The maximum absolute atomic E-state index is 12.0. The van der Waals surface area contributed by atoms with Crippen LogP contribution in [0.4, 0.5) is 5.69 Å². The van der Waals surface area contributed by atoms with Gasteiger partial charge in [-0.05, 0) is 65.7 Å². The second-order valence-corrected chi connectivity index (χ2v) is 8.69. The number of halogens is 2. The Bertz CT molecular complexity index is 1110. The van der Waals surface area contributed by atoms with Crippen LogP contribution in [-0.4, -0.2) is 30.4 Å². The monoisotopic (exact) mass is 501 g/mol. The average molecular weight is 502 g/mol. The van der Waals surface area contributed by atoms with E-state index in [2.05, 4.69) is 15.8 Å². The first-order chi connectivity index (χ1) is 16.0. The second kappa shape index (κ2) is 12.9. The number of benzene rings is 3. The number of anilines is 1. The van der Waals surface area contributed by atoms with Crippen molar-refractivity contribution < 1.29 is 14.3 Å². The van der Waals surface area contributed by atoms with Crippen molar-refractivity contribution in [1.29, 1.82) is 0 Å². The molecule has 0 heterocycles. The van der Waals surface area contributed by atoms with Gasteiger partial charge in [-0.3, -0.25) is 9.59 Å². The highest BCUT2D eigenvalue weighted by Crippen LogP contribution is 2.16. The molecule has 0 fully saturated rings. The van der Waals surface area contributed by atoms with Gasteiger partial charge in [-0.1, -0.05) is 41.4 Å². The molecule has 0 aliphatic rings. The van der Waals surface area contributed by atoms with E-state index in [4.69, 9.17) is 27.9 Å². The van der Waals surface area contributed by atoms with Crippen LogP contribution in [0.2, 0.25) is 10.0 Å². The number of thioether (sulfide) groups is 1. The molecular formula is C24H21Cl2N3O3S. The van der Waals surface area contributed by atoms with Gasteiger partial charge >= 0.3 is 0 Å². The van der Waals surface area contributed by atoms with Crippen LogP contribution in [0, 0.1) is 0 Å². The fourth-order valence-corrected chi connectivity index (χ4v) is 3.71. The number of hydrazone groups is 1. The van der Waals surface area contributed by atoms with E-state index in [0.717, 1.165) is 11.1 Å². The number of hydrogen-bond donors (Lipinski definition) is 2. The van der Waals surface area contributed by atoms with Crippen LogP contribution in [0.25, 0.3) is 0 Å². The summed E-state index contributed by atoms with van der Waals surface area (Å²) < 4.78 is 5.49. The number of rotatable bonds is 10. The van der Waals surface area contributed by atoms with Gasteiger partial charge in [-0.25, -0.2) is 5.43 Å². The highest BCUT2D eigenvalue weighted by molar-refractivity contribution is 7.99. The summed E-state index contributed by atoms with van der Waals surface area (Å²) in [5.41, 5.74) is 4.99. The van der Waals surface area contributed by atoms with Gasteiger partial charge in [0.05, 0.1) is 12.0 Å². The Labute approximate surface area is 206 Å². The molecule has 0 saturated heterocycles. The van der Waals surface area contributed by atoms with Crippen molar-refractivity contribution >= 4 is 58.7 Å². The summed E-state index contributed by atoms with van der Waals surface area (Å²) in [4.78, 5) is 23.9. The number of ether oxygens (including phenoxy) is 1. The van der Waals surface area contributed by atoms with Crippen LogP contribution in [0.15, 0.2) is 77.9 Å². The predicted octanol–water partition coefficient (Wildman–Crippen LogP) is 5.39. The van der Waals surface area contributed by atoms with Crippen LogP contribution < -0.4 is 15.5 Å². The summed E-state index contributed by atoms with van der Waals surface area (Å²) in [6, 6.07) is 21.4. The van der Waals surface area contributed by atoms with Gasteiger partial charge in [0.15, 0.2) is 6.61 Å². The topological polar surface area (TPSA) is 79.8 Å². The summed E-state index contributed by atoms with van der Waals surface area (Å²) in [6.07, 6.45) is 1.54. The average Bonchev–Trinajstić information content (AvgIpc) is 2.80. The SMILES string of the molecule is O=C(CSCc1ccc(Cl)cc1)N/N=C\c1ccc(OCC(=O)Nc2cccc(Cl)c2)cc1. The molecule has 0 bridgehead atoms. The van der Waals surface area contributed by atoms with Crippen LogP contribution >= 0.6 is 35.0 Å². The Morgan fingerprint density at radius 3 is 2.42 bits per heavy atom. The molecule has 0 spiro atoms. The number of carbonyl (C=O) groups excluding carboxylic acids is 2. The highest BCUT2D eigenvalue weighted by Gasteiger charge is 2.05. The molecular weight excluding hydrogens is 481 g/mol. The molecule has 2 amide bonds. The Morgan fingerprint density at radius 2 is 1.70 bits per heavy atom. The van der Waals surface area contributed by atoms with Crippen LogP contribution in [-0.2, 0) is 15.3 Å². The number of nitrogens with zero attached hydrogens (tertiary/aromatic N) is 1. The molecule has 2 N–H and O–H groups in total. The maximum atomic E-state index is 12.0. The van der Waals surface area contributed by atoms with Gasteiger partial charge in [0.2, 0.25) is 5.91 Å². The first-order valence-corrected chi connectivity index (χ1v) is 11.8. The lowest BCUT2D eigenvalue weighted by molar-refractivity contribution is -0.119. The van der Waals surface area contributed by atoms with E-state index in [0.29, 0.717) is 33.0 Å². The van der Waals surface area contributed by atoms with Crippen molar-refractivity contribution in [1.82, 2.24) is 5.43 Å². The minimum atomic E-state index is -0.292. The standard InChI is InChI=1S/C24H21Cl2N3O3S/c25-19-8-4-18(5-9-19)15-33-16-24(31)29-27-13-17-6-10-22(11-7-17)32-14-23(30)28-21-3-1-2-20(26)12-21/h1-13H,14-16H2,(H,28,30)(H,29,31)/b27-13-. The van der Waals surface area contributed by atoms with E-state index < -0.39 is 0 Å². The molecule has 0 radical (unpaired) electrons. The summed E-state index contributed by atoms with van der Waals surface area (Å²) in [7, 11) is 0. The zero-order valence-electron chi connectivity index (χ0n) is 17.5. The number of carbonyl (C=O) groups is 2. The molecule has 33 heavy (non-hydrogen) atoms. The lowest BCUT2D eigenvalue weighted by Crippen LogP contribution is -2.20. The van der Waals surface area contributed by atoms with Gasteiger partial charge in [-0.15, -0.1) is 11.8 Å². The lowest BCUT2D eigenvalue weighted by Gasteiger charge is -2.08. The van der Waals surface area contributed by atoms with E-state index in [-0.39, 0.29) is 18.4 Å². The first-order valence-electron chi connectivity index (χ1n) is 9.90. The predicted molar refractivity (Wildman–Crippen MR) is 135 cm³/mol. The van der Waals surface area contributed by atoms with E-state index in [9.17, 15) is 9.59 Å². The van der Waals surface area contributed by atoms with Crippen molar-refractivity contribution in [3.63, 3.8) is 0 Å². The third-order valence-electron chi connectivity index (χ3n) is 4.18. The van der Waals surface area contributed by atoms with Crippen LogP contribution in [0.3, 0.4) is 0 Å². The number of amides is 2. The molecule has 0 aromatic heterocycles. The van der Waals surface area contributed by atoms with Gasteiger partial charge in [0, 0.05) is 21.5 Å². The zero-order chi connectivity index (χ0) is 23.5. The lowest BCUT2D eigenvalue weighted by atomic mass is 10.2. The molecule has 3 aromatic carbocycles. The quantitative estimate of drug-likeness (QED) is 0.288. The molecule has 3 rings (SSSR count). The van der Waals surface area contributed by atoms with Crippen molar-refractivity contribution in [3.8, 4) is 5.75 Å². The molecule has 0 atom stereocenters. The maximum Gasteiger partial charge on any atom is 0.262 e. The van der Waals surface area contributed by atoms with Crippen LogP contribution in [0.5, 0.6) is 5.75 Å². The Balaban J connectivity index is 1.35. The molecule has 0 aliphatic carbocycles. The molecule has 0 aliphatic heterocycles. The summed E-state index contributed by atoms with van der Waals surface area (Å²) >= 11 is 13.2. The summed E-state index contributed by atoms with van der Waals surface area (Å²) in [5.74, 6) is 1.07. The molecule has 0 unspecified atom stereocenters. The Hall–Kier alpha value is -3.00. The second-order valence-electron chi connectivity index (χ2n) is 6.83. The normalized spacial score (nSPS) is 10.7. The van der Waals surface area contributed by atoms with E-state index in [1.54, 1.807) is 48.5 Å². The zero-order valence-corrected chi connectivity index (χ0v) is 19.8. The van der Waals surface area contributed by atoms with Gasteiger partial charge in [0.1, 0.15) is 5.75 Å². The fourth-order valence-electron chi connectivity index (χ4n) is 2.62. The Kier molecular flexibility index (Phi) is 9.62. The molecule has 6 nitrogen and oxygen atoms in total. The molecule has 9 heteroatoms. The highest BCUT2D eigenvalue weighted by atomic mass is 35.5. The first kappa shape index (κ1) is 24.6. The van der Waals surface area contributed by atoms with Crippen molar-refractivity contribution in [2.45, 2.75) is 5.75 Å². The number of hydrogen-bond acceptors (Lipinski definition) is 5. The van der Waals surface area contributed by atoms with E-state index >= 15 is 0 Å². The van der Waals surface area contributed by atoms with Gasteiger partial charge < -0.3 is 10.1 Å². The van der Waals surface area contributed by atoms with Gasteiger partial charge in [0.25, 0.3) is 5.91 Å². The largest absolute Gasteiger partial charge is 0.484 e. The molecule has 0 saturated carbocycles. The minimum absolute atomic E-state index is 0.135. The van der Waals surface area contributed by atoms with Crippen molar-refractivity contribution in [2.75, 3.05) is 17.7 Å². The number of nitrogens with one attached hydrogen (secondary N) is 2. The smallest absolute Gasteiger partial charge is 0.262 e.